The van der Waals surface area contributed by atoms with Gasteiger partial charge in [-0.05, 0) is 37.3 Å². The number of hydrogen-bond acceptors (Lipinski definition) is 8. The van der Waals surface area contributed by atoms with Gasteiger partial charge in [-0.25, -0.2) is 4.79 Å². The summed E-state index contributed by atoms with van der Waals surface area (Å²) in [5.74, 6) is -0.983. The average molecular weight is 482 g/mol. The van der Waals surface area contributed by atoms with Gasteiger partial charge in [-0.1, -0.05) is 6.07 Å². The van der Waals surface area contributed by atoms with Gasteiger partial charge >= 0.3 is 5.97 Å². The Morgan fingerprint density at radius 1 is 1.31 bits per heavy atom. The number of H-pyrrole nitrogens is 1. The summed E-state index contributed by atoms with van der Waals surface area (Å²) in [6.45, 7) is 2.01. The molecule has 1 aliphatic heterocycles. The third kappa shape index (κ3) is 5.36. The van der Waals surface area contributed by atoms with Crippen molar-refractivity contribution < 1.29 is 33.7 Å². The van der Waals surface area contributed by atoms with Gasteiger partial charge in [0.05, 0.1) is 13.2 Å². The Labute approximate surface area is 200 Å². The summed E-state index contributed by atoms with van der Waals surface area (Å²) in [6, 6.07) is 11.7. The Balaban J connectivity index is 1.42. The highest BCUT2D eigenvalue weighted by Gasteiger charge is 2.39. The fraction of sp³-hybridized carbons (Fsp3) is 0.292. The van der Waals surface area contributed by atoms with E-state index in [0.717, 1.165) is 10.8 Å². The summed E-state index contributed by atoms with van der Waals surface area (Å²) in [5, 5.41) is 14.8. The molecule has 11 heteroatoms. The van der Waals surface area contributed by atoms with Gasteiger partial charge < -0.3 is 40.3 Å². The molecule has 1 aliphatic rings. The van der Waals surface area contributed by atoms with Crippen molar-refractivity contribution in [2.45, 2.75) is 19.1 Å². The van der Waals surface area contributed by atoms with Crippen LogP contribution in [-0.4, -0.2) is 66.4 Å². The number of nitrogens with two attached hydrogens (primary N) is 1. The second-order valence-corrected chi connectivity index (χ2v) is 7.81. The molecular formula is C24H26N4O7. The molecule has 1 saturated heterocycles. The molecule has 0 radical (unpaired) electrons. The molecule has 4 rings (SSSR count). The van der Waals surface area contributed by atoms with Crippen molar-refractivity contribution in [2.24, 2.45) is 0 Å². The average Bonchev–Trinajstić information content (AvgIpc) is 3.22. The van der Waals surface area contributed by atoms with Gasteiger partial charge in [0.2, 0.25) is 0 Å². The molecule has 0 saturated carbocycles. The number of ether oxygens (including phenoxy) is 3. The van der Waals surface area contributed by atoms with Gasteiger partial charge in [-0.2, -0.15) is 0 Å². The van der Waals surface area contributed by atoms with Crippen LogP contribution >= 0.6 is 0 Å². The van der Waals surface area contributed by atoms with Crippen LogP contribution in [0.2, 0.25) is 0 Å². The number of aromatic amines is 1. The third-order valence-corrected chi connectivity index (χ3v) is 5.46. The molecule has 35 heavy (non-hydrogen) atoms. The number of aromatic nitrogens is 1. The number of esters is 1. The number of aliphatic hydroxyl groups excluding tert-OH is 1. The van der Waals surface area contributed by atoms with Crippen LogP contribution in [0, 0.1) is 0 Å². The molecule has 2 heterocycles. The molecule has 11 nitrogen and oxygen atoms in total. The van der Waals surface area contributed by atoms with Crippen molar-refractivity contribution in [2.75, 3.05) is 42.3 Å². The van der Waals surface area contributed by atoms with E-state index in [2.05, 4.69) is 10.3 Å². The van der Waals surface area contributed by atoms with Crippen LogP contribution in [0.3, 0.4) is 0 Å². The number of aliphatic hydroxyl groups is 1. The molecule has 0 aliphatic carbocycles. The predicted molar refractivity (Wildman–Crippen MR) is 128 cm³/mol. The van der Waals surface area contributed by atoms with E-state index >= 15 is 0 Å². The lowest BCUT2D eigenvalue weighted by molar-refractivity contribution is -0.150. The molecule has 2 atom stereocenters. The second-order valence-electron chi connectivity index (χ2n) is 7.81. The van der Waals surface area contributed by atoms with E-state index < -0.39 is 30.0 Å². The molecule has 1 fully saturated rings. The zero-order valence-electron chi connectivity index (χ0n) is 19.0. The number of carbonyl (C=O) groups is 3. The molecule has 5 N–H and O–H groups in total. The molecule has 2 aromatic carbocycles. The van der Waals surface area contributed by atoms with Crippen molar-refractivity contribution in [3.8, 4) is 5.75 Å². The number of fused-ring (bicyclic) bond motifs is 1. The number of carbonyl (C=O) groups excluding carboxylic acids is 3. The van der Waals surface area contributed by atoms with Crippen LogP contribution in [0.15, 0.2) is 48.7 Å². The van der Waals surface area contributed by atoms with Crippen LogP contribution in [0.25, 0.3) is 10.8 Å². The van der Waals surface area contributed by atoms with Crippen LogP contribution in [-0.2, 0) is 23.9 Å². The summed E-state index contributed by atoms with van der Waals surface area (Å²) in [4.78, 5) is 41.6. The number of nitrogens with one attached hydrogen (secondary N) is 2. The van der Waals surface area contributed by atoms with Gasteiger partial charge in [-0.3, -0.25) is 9.59 Å². The molecule has 0 spiro atoms. The number of rotatable bonds is 8. The molecule has 0 unspecified atom stereocenters. The quantitative estimate of drug-likeness (QED) is 0.351. The van der Waals surface area contributed by atoms with E-state index in [0.29, 0.717) is 22.9 Å². The maximum Gasteiger partial charge on any atom is 0.344 e. The number of hydrogen-bond donors (Lipinski definition) is 4. The van der Waals surface area contributed by atoms with E-state index in [1.165, 1.54) is 4.90 Å². The second kappa shape index (κ2) is 10.5. The first-order valence-electron chi connectivity index (χ1n) is 11.0. The zero-order chi connectivity index (χ0) is 24.9. The molecule has 2 amide bonds. The fourth-order valence-corrected chi connectivity index (χ4v) is 3.77. The number of amides is 2. The van der Waals surface area contributed by atoms with Crippen LogP contribution in [0.5, 0.6) is 5.75 Å². The van der Waals surface area contributed by atoms with E-state index in [-0.39, 0.29) is 26.4 Å². The first-order valence-corrected chi connectivity index (χ1v) is 11.0. The van der Waals surface area contributed by atoms with Crippen molar-refractivity contribution in [1.29, 1.82) is 0 Å². The summed E-state index contributed by atoms with van der Waals surface area (Å²) >= 11 is 0. The number of nitrogens with zero attached hydrogens (tertiary/aromatic N) is 1. The normalized spacial score (nSPS) is 16.7. The minimum absolute atomic E-state index is 0.114. The standard InChI is InChI=1S/C24H26N4O7/c1-2-33-19(29)13-35-17-5-3-4-16(11-17)28-8-9-34-21(24(28)32)20(30)23(31)27-15-6-7-18-14(10-15)12-26-22(18)25/h3-7,10-12,20-21,26,30H,2,8-9,13,25H2,1H3,(H,27,31)/t20-,21-/m1/s1. The third-order valence-electron chi connectivity index (χ3n) is 5.46. The Bertz CT molecular complexity index is 1240. The lowest BCUT2D eigenvalue weighted by Gasteiger charge is -2.34. The lowest BCUT2D eigenvalue weighted by atomic mass is 10.1. The molecule has 3 aromatic rings. The largest absolute Gasteiger partial charge is 0.482 e. The number of benzene rings is 2. The molecular weight excluding hydrogens is 456 g/mol. The summed E-state index contributed by atoms with van der Waals surface area (Å²) in [6.07, 6.45) is -1.42. The fourth-order valence-electron chi connectivity index (χ4n) is 3.77. The topological polar surface area (TPSA) is 156 Å². The highest BCUT2D eigenvalue weighted by Crippen LogP contribution is 2.26. The lowest BCUT2D eigenvalue weighted by Crippen LogP contribution is -2.55. The Morgan fingerprint density at radius 3 is 2.94 bits per heavy atom. The minimum atomic E-state index is -1.74. The summed E-state index contributed by atoms with van der Waals surface area (Å²) < 4.78 is 15.7. The maximum atomic E-state index is 13.1. The Morgan fingerprint density at radius 2 is 2.14 bits per heavy atom. The Hall–Kier alpha value is -4.09. The van der Waals surface area contributed by atoms with E-state index in [1.807, 2.05) is 0 Å². The highest BCUT2D eigenvalue weighted by molar-refractivity contribution is 6.04. The number of anilines is 3. The number of morpholine rings is 1. The maximum absolute atomic E-state index is 13.1. The van der Waals surface area contributed by atoms with E-state index in [9.17, 15) is 19.5 Å². The first kappa shape index (κ1) is 24.0. The van der Waals surface area contributed by atoms with Crippen molar-refractivity contribution in [1.82, 2.24) is 4.98 Å². The minimum Gasteiger partial charge on any atom is -0.482 e. The van der Waals surface area contributed by atoms with Gasteiger partial charge in [0.1, 0.15) is 11.6 Å². The first-order chi connectivity index (χ1) is 16.9. The van der Waals surface area contributed by atoms with E-state index in [1.54, 1.807) is 55.6 Å². The molecule has 184 valence electrons. The van der Waals surface area contributed by atoms with Crippen molar-refractivity contribution >= 4 is 45.7 Å². The monoisotopic (exact) mass is 482 g/mol. The molecule has 1 aromatic heterocycles. The van der Waals surface area contributed by atoms with Crippen molar-refractivity contribution in [3.63, 3.8) is 0 Å². The van der Waals surface area contributed by atoms with Crippen LogP contribution in [0.4, 0.5) is 17.2 Å². The highest BCUT2D eigenvalue weighted by atomic mass is 16.6. The van der Waals surface area contributed by atoms with Crippen LogP contribution < -0.4 is 20.7 Å². The van der Waals surface area contributed by atoms with Crippen LogP contribution in [0.1, 0.15) is 6.92 Å². The van der Waals surface area contributed by atoms with Gasteiger partial charge in [0, 0.05) is 41.0 Å². The van der Waals surface area contributed by atoms with E-state index in [4.69, 9.17) is 19.9 Å². The summed E-state index contributed by atoms with van der Waals surface area (Å²) in [7, 11) is 0. The summed E-state index contributed by atoms with van der Waals surface area (Å²) in [5.41, 5.74) is 6.75. The Kier molecular flexibility index (Phi) is 7.18. The van der Waals surface area contributed by atoms with Crippen molar-refractivity contribution in [3.05, 3.63) is 48.7 Å². The van der Waals surface area contributed by atoms with Gasteiger partial charge in [0.15, 0.2) is 18.8 Å². The van der Waals surface area contributed by atoms with Gasteiger partial charge in [0.25, 0.3) is 11.8 Å². The van der Waals surface area contributed by atoms with Gasteiger partial charge in [-0.15, -0.1) is 0 Å². The number of nitrogen functional groups attached to an aromatic ring is 1. The zero-order valence-corrected chi connectivity index (χ0v) is 19.0. The SMILES string of the molecule is CCOC(=O)COc1cccc(N2CCO[C@H]([C@@H](O)C(=O)Nc3ccc4c(N)[nH]cc4c3)C2=O)c1. The predicted octanol–water partition coefficient (Wildman–Crippen LogP) is 1.42. The smallest absolute Gasteiger partial charge is 0.344 e. The molecule has 0 bridgehead atoms.